The van der Waals surface area contributed by atoms with Crippen LogP contribution in [0.25, 0.3) is 0 Å². The van der Waals surface area contributed by atoms with Crippen molar-refractivity contribution in [2.45, 2.75) is 11.1 Å². The van der Waals surface area contributed by atoms with Gasteiger partial charge in [-0.1, -0.05) is 13.0 Å². The van der Waals surface area contributed by atoms with E-state index in [1.165, 1.54) is 11.3 Å². The van der Waals surface area contributed by atoms with Crippen LogP contribution in [0.1, 0.15) is 6.92 Å². The van der Waals surface area contributed by atoms with Crippen molar-refractivity contribution >= 4 is 32.7 Å². The Hall–Kier alpha value is -1.57. The fraction of sp³-hybridized carbons (Fsp3) is 0.375. The second kappa shape index (κ2) is 6.90. The minimum absolute atomic E-state index is 0.331. The van der Waals surface area contributed by atoms with Gasteiger partial charge in [0, 0.05) is 37.6 Å². The summed E-state index contributed by atoms with van der Waals surface area (Å²) in [7, 11) is -3.47. The Balaban J connectivity index is 1.66. The number of nitrogens with zero attached hydrogens (tertiary/aromatic N) is 2. The number of likely N-dealkylation sites (N-methyl/N-ethyl adjacent to an activating group) is 1. The molecule has 1 N–H and O–H groups in total. The number of sulfonamides is 1. The smallest absolute Gasteiger partial charge is 0.271 e. The minimum atomic E-state index is -3.47. The molecule has 7 heteroatoms. The highest BCUT2D eigenvalue weighted by Gasteiger charge is 2.17. The van der Waals surface area contributed by atoms with E-state index in [0.717, 1.165) is 38.4 Å². The minimum Gasteiger partial charge on any atom is -0.369 e. The Labute approximate surface area is 141 Å². The summed E-state index contributed by atoms with van der Waals surface area (Å²) in [5.74, 6) is 0. The van der Waals surface area contributed by atoms with Crippen LogP contribution < -0.4 is 9.62 Å². The Kier molecular flexibility index (Phi) is 4.89. The second-order valence-corrected chi connectivity index (χ2v) is 8.36. The molecule has 23 heavy (non-hydrogen) atoms. The lowest BCUT2D eigenvalue weighted by Gasteiger charge is -2.35. The highest BCUT2D eigenvalue weighted by Crippen LogP contribution is 2.23. The molecule has 2 heterocycles. The third-order valence-corrected chi connectivity index (χ3v) is 6.84. The van der Waals surface area contributed by atoms with Crippen LogP contribution in [0.2, 0.25) is 0 Å². The highest BCUT2D eigenvalue weighted by molar-refractivity contribution is 7.94. The molecule has 1 saturated heterocycles. The summed E-state index contributed by atoms with van der Waals surface area (Å²) in [5.41, 5.74) is 1.73. The summed E-state index contributed by atoms with van der Waals surface area (Å²) in [5, 5.41) is 1.76. The number of thiophene rings is 1. The van der Waals surface area contributed by atoms with Crippen molar-refractivity contribution in [1.82, 2.24) is 4.90 Å². The van der Waals surface area contributed by atoms with E-state index in [1.54, 1.807) is 17.5 Å². The predicted molar refractivity (Wildman–Crippen MR) is 95.9 cm³/mol. The van der Waals surface area contributed by atoms with Crippen molar-refractivity contribution < 1.29 is 8.42 Å². The van der Waals surface area contributed by atoms with Crippen molar-refractivity contribution in [3.8, 4) is 0 Å². The summed E-state index contributed by atoms with van der Waals surface area (Å²) >= 11 is 1.21. The Morgan fingerprint density at radius 1 is 1.09 bits per heavy atom. The van der Waals surface area contributed by atoms with Crippen LogP contribution in [0.5, 0.6) is 0 Å². The second-order valence-electron chi connectivity index (χ2n) is 5.51. The molecule has 1 aromatic heterocycles. The van der Waals surface area contributed by atoms with E-state index in [9.17, 15) is 8.42 Å². The van der Waals surface area contributed by atoms with Crippen LogP contribution in [0.4, 0.5) is 11.4 Å². The van der Waals surface area contributed by atoms with Gasteiger partial charge in [-0.15, -0.1) is 11.3 Å². The Morgan fingerprint density at radius 3 is 2.35 bits per heavy atom. The average molecular weight is 351 g/mol. The van der Waals surface area contributed by atoms with Gasteiger partial charge in [-0.25, -0.2) is 8.42 Å². The van der Waals surface area contributed by atoms with E-state index in [2.05, 4.69) is 21.4 Å². The van der Waals surface area contributed by atoms with Crippen molar-refractivity contribution in [3.05, 3.63) is 41.8 Å². The van der Waals surface area contributed by atoms with Gasteiger partial charge in [-0.3, -0.25) is 4.72 Å². The van der Waals surface area contributed by atoms with Crippen molar-refractivity contribution in [3.63, 3.8) is 0 Å². The largest absolute Gasteiger partial charge is 0.369 e. The van der Waals surface area contributed by atoms with Gasteiger partial charge < -0.3 is 9.80 Å². The van der Waals surface area contributed by atoms with Gasteiger partial charge in [0.05, 0.1) is 0 Å². The van der Waals surface area contributed by atoms with E-state index in [0.29, 0.717) is 9.90 Å². The quantitative estimate of drug-likeness (QED) is 0.900. The third-order valence-electron chi connectivity index (χ3n) is 4.06. The molecule has 0 atom stereocenters. The summed E-state index contributed by atoms with van der Waals surface area (Å²) in [6, 6.07) is 11.0. The number of benzene rings is 1. The first-order chi connectivity index (χ1) is 11.1. The topological polar surface area (TPSA) is 52.6 Å². The molecular formula is C16H21N3O2S2. The standard InChI is InChI=1S/C16H21N3O2S2/c1-2-18-9-11-19(12-10-18)15-7-5-14(6-8-15)17-23(20,21)16-4-3-13-22-16/h3-8,13,17H,2,9-12H2,1H3. The van der Waals surface area contributed by atoms with E-state index in [1.807, 2.05) is 24.3 Å². The van der Waals surface area contributed by atoms with Crippen LogP contribution >= 0.6 is 11.3 Å². The summed E-state index contributed by atoms with van der Waals surface area (Å²) in [6.45, 7) is 7.44. The number of anilines is 2. The molecule has 0 unspecified atom stereocenters. The molecule has 1 aliphatic rings. The molecule has 1 aliphatic heterocycles. The molecule has 0 bridgehead atoms. The van der Waals surface area contributed by atoms with E-state index >= 15 is 0 Å². The molecular weight excluding hydrogens is 330 g/mol. The number of piperazine rings is 1. The Morgan fingerprint density at radius 2 is 1.78 bits per heavy atom. The zero-order valence-corrected chi connectivity index (χ0v) is 14.7. The first-order valence-electron chi connectivity index (χ1n) is 7.72. The molecule has 1 aromatic carbocycles. The predicted octanol–water partition coefficient (Wildman–Crippen LogP) is 2.69. The average Bonchev–Trinajstić information content (AvgIpc) is 3.11. The molecule has 124 valence electrons. The van der Waals surface area contributed by atoms with Crippen LogP contribution in [0.15, 0.2) is 46.0 Å². The molecule has 0 aliphatic carbocycles. The number of hydrogen-bond acceptors (Lipinski definition) is 5. The lowest BCUT2D eigenvalue weighted by molar-refractivity contribution is 0.271. The fourth-order valence-corrected chi connectivity index (χ4v) is 4.74. The third kappa shape index (κ3) is 3.85. The molecule has 0 spiro atoms. The molecule has 2 aromatic rings. The van der Waals surface area contributed by atoms with Crippen LogP contribution in [0, 0.1) is 0 Å². The zero-order valence-electron chi connectivity index (χ0n) is 13.1. The van der Waals surface area contributed by atoms with Gasteiger partial charge in [0.2, 0.25) is 0 Å². The first kappa shape index (κ1) is 16.3. The molecule has 0 amide bonds. The zero-order chi connectivity index (χ0) is 16.3. The first-order valence-corrected chi connectivity index (χ1v) is 10.1. The van der Waals surface area contributed by atoms with E-state index in [-0.39, 0.29) is 0 Å². The van der Waals surface area contributed by atoms with Gasteiger partial charge in [-0.2, -0.15) is 0 Å². The van der Waals surface area contributed by atoms with E-state index < -0.39 is 10.0 Å². The van der Waals surface area contributed by atoms with Gasteiger partial charge in [0.15, 0.2) is 0 Å². The van der Waals surface area contributed by atoms with Crippen molar-refractivity contribution in [2.24, 2.45) is 0 Å². The molecule has 0 radical (unpaired) electrons. The maximum atomic E-state index is 12.2. The lowest BCUT2D eigenvalue weighted by atomic mass is 10.2. The van der Waals surface area contributed by atoms with Crippen molar-refractivity contribution in [2.75, 3.05) is 42.3 Å². The monoisotopic (exact) mass is 351 g/mol. The summed E-state index contributed by atoms with van der Waals surface area (Å²) in [6.07, 6.45) is 0. The normalized spacial score (nSPS) is 16.5. The van der Waals surface area contributed by atoms with E-state index in [4.69, 9.17) is 0 Å². The maximum Gasteiger partial charge on any atom is 0.271 e. The number of hydrogen-bond donors (Lipinski definition) is 1. The van der Waals surface area contributed by atoms with Crippen molar-refractivity contribution in [1.29, 1.82) is 0 Å². The molecule has 0 saturated carbocycles. The van der Waals surface area contributed by atoms with Crippen LogP contribution in [-0.4, -0.2) is 46.0 Å². The van der Waals surface area contributed by atoms with Crippen LogP contribution in [0.3, 0.4) is 0 Å². The SMILES string of the molecule is CCN1CCN(c2ccc(NS(=O)(=O)c3cccs3)cc2)CC1. The van der Waals surface area contributed by atoms with Gasteiger partial charge >= 0.3 is 0 Å². The van der Waals surface area contributed by atoms with Crippen LogP contribution in [-0.2, 0) is 10.0 Å². The summed E-state index contributed by atoms with van der Waals surface area (Å²) < 4.78 is 27.4. The molecule has 5 nitrogen and oxygen atoms in total. The lowest BCUT2D eigenvalue weighted by Crippen LogP contribution is -2.46. The molecule has 1 fully saturated rings. The highest BCUT2D eigenvalue weighted by atomic mass is 32.2. The molecule has 3 rings (SSSR count). The van der Waals surface area contributed by atoms with Gasteiger partial charge in [0.25, 0.3) is 10.0 Å². The Bertz CT molecular complexity index is 719. The fourth-order valence-electron chi connectivity index (χ4n) is 2.68. The van der Waals surface area contributed by atoms with Gasteiger partial charge in [0.1, 0.15) is 4.21 Å². The van der Waals surface area contributed by atoms with Gasteiger partial charge in [-0.05, 0) is 42.3 Å². The maximum absolute atomic E-state index is 12.2. The number of rotatable bonds is 5. The number of nitrogens with one attached hydrogen (secondary N) is 1. The summed E-state index contributed by atoms with van der Waals surface area (Å²) in [4.78, 5) is 4.77.